The number of halogens is 6. The summed E-state index contributed by atoms with van der Waals surface area (Å²) >= 11 is 0. The lowest BCUT2D eigenvalue weighted by Gasteiger charge is -2.51. The first-order valence-electron chi connectivity index (χ1n) is 7.99. The first-order chi connectivity index (χ1) is 10.5. The zero-order valence-corrected chi connectivity index (χ0v) is 12.6. The summed E-state index contributed by atoms with van der Waals surface area (Å²) < 4.78 is 82.7. The molecule has 0 aromatic carbocycles. The third-order valence-corrected chi connectivity index (χ3v) is 5.62. The van der Waals surface area contributed by atoms with Gasteiger partial charge < -0.3 is 10.2 Å². The summed E-state index contributed by atoms with van der Waals surface area (Å²) in [7, 11) is 0. The van der Waals surface area contributed by atoms with Gasteiger partial charge in [0, 0.05) is 0 Å². The van der Waals surface area contributed by atoms with Crippen LogP contribution in [0.5, 0.6) is 0 Å². The Labute approximate surface area is 138 Å². The minimum absolute atomic E-state index is 0. The van der Waals surface area contributed by atoms with Crippen molar-refractivity contribution in [3.8, 4) is 0 Å². The standard InChI is InChI=1S/C15H22F6O2.CH4/c16-14(17,18)13(15(19,20)21,9-1-5-11(22)6-2-9)10-3-7-12(23)8-4-10;/h9-12,22-23H,1-8H2;1H4. The van der Waals surface area contributed by atoms with Gasteiger partial charge in [0.25, 0.3) is 0 Å². The van der Waals surface area contributed by atoms with Crippen LogP contribution in [0.4, 0.5) is 26.3 Å². The van der Waals surface area contributed by atoms with E-state index in [4.69, 9.17) is 0 Å². The van der Waals surface area contributed by atoms with Crippen molar-refractivity contribution in [1.82, 2.24) is 0 Å². The average Bonchev–Trinajstić information content (AvgIpc) is 2.40. The minimum atomic E-state index is -5.40. The molecule has 0 heterocycles. The van der Waals surface area contributed by atoms with Gasteiger partial charge in [-0.2, -0.15) is 26.3 Å². The van der Waals surface area contributed by atoms with E-state index in [1.807, 2.05) is 0 Å². The highest BCUT2D eigenvalue weighted by Crippen LogP contribution is 2.64. The topological polar surface area (TPSA) is 40.5 Å². The fourth-order valence-electron chi connectivity index (χ4n) is 4.48. The maximum absolute atomic E-state index is 13.8. The van der Waals surface area contributed by atoms with Gasteiger partial charge in [-0.15, -0.1) is 0 Å². The van der Waals surface area contributed by atoms with Gasteiger partial charge in [0.05, 0.1) is 12.2 Å². The van der Waals surface area contributed by atoms with E-state index in [1.165, 1.54) is 0 Å². The SMILES string of the molecule is C.OC1CCC(C(C2CCC(O)CC2)(C(F)(F)F)C(F)(F)F)CC1. The minimum Gasteiger partial charge on any atom is -0.393 e. The van der Waals surface area contributed by atoms with Crippen LogP contribution < -0.4 is 0 Å². The molecule has 0 spiro atoms. The van der Waals surface area contributed by atoms with Crippen molar-refractivity contribution < 1.29 is 36.6 Å². The van der Waals surface area contributed by atoms with Gasteiger partial charge in [0.1, 0.15) is 0 Å². The first kappa shape index (κ1) is 21.5. The summed E-state index contributed by atoms with van der Waals surface area (Å²) in [6.07, 6.45) is -13.7. The quantitative estimate of drug-likeness (QED) is 0.689. The smallest absolute Gasteiger partial charge is 0.393 e. The molecule has 144 valence electrons. The molecule has 0 aliphatic heterocycles. The van der Waals surface area contributed by atoms with Crippen molar-refractivity contribution in [2.45, 2.75) is 83.4 Å². The maximum atomic E-state index is 13.8. The number of alkyl halides is 6. The molecule has 2 saturated carbocycles. The summed E-state index contributed by atoms with van der Waals surface area (Å²) in [4.78, 5) is 0. The third kappa shape index (κ3) is 3.69. The van der Waals surface area contributed by atoms with Crippen LogP contribution >= 0.6 is 0 Å². The molecule has 0 aromatic rings. The fraction of sp³-hybridized carbons (Fsp3) is 1.00. The zero-order chi connectivity index (χ0) is 17.5. The van der Waals surface area contributed by atoms with E-state index in [9.17, 15) is 36.6 Å². The Morgan fingerprint density at radius 2 is 0.792 bits per heavy atom. The molecule has 2 nitrogen and oxygen atoms in total. The predicted octanol–water partition coefficient (Wildman–Crippen LogP) is 4.84. The number of aliphatic hydroxyl groups excluding tert-OH is 2. The first-order valence-corrected chi connectivity index (χ1v) is 7.99. The molecule has 0 unspecified atom stereocenters. The van der Waals surface area contributed by atoms with Gasteiger partial charge >= 0.3 is 12.4 Å². The highest BCUT2D eigenvalue weighted by Gasteiger charge is 2.76. The van der Waals surface area contributed by atoms with Crippen LogP contribution in [-0.2, 0) is 0 Å². The average molecular weight is 364 g/mol. The van der Waals surface area contributed by atoms with E-state index in [2.05, 4.69) is 0 Å². The molecular formula is C16H26F6O2. The van der Waals surface area contributed by atoms with Crippen LogP contribution in [0, 0.1) is 17.3 Å². The molecule has 0 atom stereocenters. The van der Waals surface area contributed by atoms with E-state index < -0.39 is 41.8 Å². The van der Waals surface area contributed by atoms with Gasteiger partial charge in [-0.3, -0.25) is 0 Å². The van der Waals surface area contributed by atoms with Crippen LogP contribution in [0.15, 0.2) is 0 Å². The molecule has 0 saturated heterocycles. The number of rotatable bonds is 2. The molecule has 0 bridgehead atoms. The molecule has 2 aliphatic rings. The molecule has 2 N–H and O–H groups in total. The Hall–Kier alpha value is -0.500. The Morgan fingerprint density at radius 1 is 0.542 bits per heavy atom. The molecule has 0 amide bonds. The molecule has 2 rings (SSSR count). The van der Waals surface area contributed by atoms with Crippen LogP contribution in [0.3, 0.4) is 0 Å². The van der Waals surface area contributed by atoms with E-state index >= 15 is 0 Å². The Morgan fingerprint density at radius 3 is 1.00 bits per heavy atom. The van der Waals surface area contributed by atoms with Crippen molar-refractivity contribution in [3.63, 3.8) is 0 Å². The van der Waals surface area contributed by atoms with Crippen molar-refractivity contribution in [2.75, 3.05) is 0 Å². The molecule has 0 aromatic heterocycles. The fourth-order valence-corrected chi connectivity index (χ4v) is 4.48. The molecule has 8 heteroatoms. The Balaban J connectivity index is 0.00000288. The summed E-state index contributed by atoms with van der Waals surface area (Å²) in [6.45, 7) is 0. The summed E-state index contributed by atoms with van der Waals surface area (Å²) in [6, 6.07) is 0. The summed E-state index contributed by atoms with van der Waals surface area (Å²) in [5.74, 6) is -3.13. The maximum Gasteiger partial charge on any atom is 0.403 e. The van der Waals surface area contributed by atoms with Gasteiger partial charge in [-0.25, -0.2) is 0 Å². The lowest BCUT2D eigenvalue weighted by Crippen LogP contribution is -2.60. The normalized spacial score (nSPS) is 33.0. The van der Waals surface area contributed by atoms with E-state index in [1.54, 1.807) is 0 Å². The number of hydrogen-bond acceptors (Lipinski definition) is 2. The van der Waals surface area contributed by atoms with E-state index in [-0.39, 0.29) is 58.8 Å². The van der Waals surface area contributed by atoms with Crippen molar-refractivity contribution >= 4 is 0 Å². The predicted molar refractivity (Wildman–Crippen MR) is 77.2 cm³/mol. The highest BCUT2D eigenvalue weighted by atomic mass is 19.4. The van der Waals surface area contributed by atoms with Gasteiger partial charge in [0.15, 0.2) is 5.41 Å². The van der Waals surface area contributed by atoms with Crippen LogP contribution in [-0.4, -0.2) is 34.8 Å². The second-order valence-corrected chi connectivity index (χ2v) is 6.88. The Bertz CT molecular complexity index is 352. The monoisotopic (exact) mass is 364 g/mol. The number of hydrogen-bond donors (Lipinski definition) is 2. The second-order valence-electron chi connectivity index (χ2n) is 6.88. The third-order valence-electron chi connectivity index (χ3n) is 5.62. The molecule has 0 radical (unpaired) electrons. The lowest BCUT2D eigenvalue weighted by atomic mass is 9.57. The Kier molecular flexibility index (Phi) is 6.64. The van der Waals surface area contributed by atoms with E-state index in [0.29, 0.717) is 0 Å². The van der Waals surface area contributed by atoms with Crippen LogP contribution in [0.1, 0.15) is 58.8 Å². The largest absolute Gasteiger partial charge is 0.403 e. The molecular weight excluding hydrogens is 338 g/mol. The molecule has 24 heavy (non-hydrogen) atoms. The van der Waals surface area contributed by atoms with Crippen LogP contribution in [0.2, 0.25) is 0 Å². The second kappa shape index (κ2) is 7.40. The summed E-state index contributed by atoms with van der Waals surface area (Å²) in [5, 5.41) is 18.9. The van der Waals surface area contributed by atoms with Crippen LogP contribution in [0.25, 0.3) is 0 Å². The highest BCUT2D eigenvalue weighted by molar-refractivity contribution is 5.04. The lowest BCUT2D eigenvalue weighted by molar-refractivity contribution is -0.382. The van der Waals surface area contributed by atoms with Gasteiger partial charge in [-0.1, -0.05) is 7.43 Å². The van der Waals surface area contributed by atoms with Crippen molar-refractivity contribution in [2.24, 2.45) is 17.3 Å². The molecule has 2 fully saturated rings. The van der Waals surface area contributed by atoms with Crippen molar-refractivity contribution in [3.05, 3.63) is 0 Å². The van der Waals surface area contributed by atoms with Gasteiger partial charge in [-0.05, 0) is 63.2 Å². The number of aliphatic hydroxyl groups is 2. The molecule has 2 aliphatic carbocycles. The van der Waals surface area contributed by atoms with E-state index in [0.717, 1.165) is 0 Å². The summed E-state index contributed by atoms with van der Waals surface area (Å²) in [5.41, 5.74) is -3.74. The van der Waals surface area contributed by atoms with Gasteiger partial charge in [0.2, 0.25) is 0 Å². The van der Waals surface area contributed by atoms with Crippen molar-refractivity contribution in [1.29, 1.82) is 0 Å². The zero-order valence-electron chi connectivity index (χ0n) is 12.6.